The first kappa shape index (κ1) is 19.5. The molecule has 0 saturated heterocycles. The second-order valence-electron chi connectivity index (χ2n) is 6.47. The number of aliphatic hydroxyl groups is 1. The van der Waals surface area contributed by atoms with Crippen molar-refractivity contribution in [2.75, 3.05) is 17.2 Å². The number of aliphatic hydroxyl groups excluding tert-OH is 1. The van der Waals surface area contributed by atoms with Crippen LogP contribution in [0.1, 0.15) is 6.92 Å². The number of benzene rings is 1. The number of hydrogen-bond donors (Lipinski definition) is 3. The number of nitrogens with zero attached hydrogens (tertiary/aromatic N) is 6. The molecule has 0 aliphatic rings. The zero-order valence-electron chi connectivity index (χ0n) is 16.3. The molecule has 3 aromatic heterocycles. The Morgan fingerprint density at radius 3 is 2.83 bits per heavy atom. The molecule has 1 aromatic carbocycles. The molecule has 0 radical (unpaired) electrons. The minimum Gasteiger partial charge on any atom is -0.395 e. The lowest BCUT2D eigenvalue weighted by Gasteiger charge is -2.11. The number of halogens is 1. The van der Waals surface area contributed by atoms with Crippen LogP contribution in [0, 0.1) is 5.82 Å². The summed E-state index contributed by atoms with van der Waals surface area (Å²) in [5, 5.41) is 19.4. The van der Waals surface area contributed by atoms with E-state index in [1.807, 2.05) is 42.1 Å². The van der Waals surface area contributed by atoms with Crippen molar-refractivity contribution in [2.45, 2.75) is 20.0 Å². The van der Waals surface area contributed by atoms with Gasteiger partial charge in [0.05, 0.1) is 19.0 Å². The minimum atomic E-state index is -0.580. The molecule has 10 heteroatoms. The Bertz CT molecular complexity index is 1140. The maximum absolute atomic E-state index is 14.3. The van der Waals surface area contributed by atoms with Crippen molar-refractivity contribution in [2.24, 2.45) is 0 Å². The Labute approximate surface area is 172 Å². The summed E-state index contributed by atoms with van der Waals surface area (Å²) in [6, 6.07) is 7.58. The van der Waals surface area contributed by atoms with Gasteiger partial charge in [-0.05, 0) is 24.6 Å². The summed E-state index contributed by atoms with van der Waals surface area (Å²) < 4.78 is 17.9. The highest BCUT2D eigenvalue weighted by atomic mass is 19.1. The van der Waals surface area contributed by atoms with Gasteiger partial charge in [0.15, 0.2) is 11.6 Å². The van der Waals surface area contributed by atoms with Crippen LogP contribution in [0.25, 0.3) is 11.1 Å². The van der Waals surface area contributed by atoms with Crippen molar-refractivity contribution in [3.63, 3.8) is 0 Å². The second-order valence-corrected chi connectivity index (χ2v) is 6.47. The maximum atomic E-state index is 14.3. The number of aromatic nitrogens is 6. The zero-order valence-corrected chi connectivity index (χ0v) is 16.3. The molecule has 3 heterocycles. The van der Waals surface area contributed by atoms with Gasteiger partial charge in [0.25, 0.3) is 0 Å². The molecular weight excluding hydrogens is 387 g/mol. The molecule has 0 atom stereocenters. The predicted octanol–water partition coefficient (Wildman–Crippen LogP) is 3.18. The fourth-order valence-electron chi connectivity index (χ4n) is 2.94. The average Bonchev–Trinajstić information content (AvgIpc) is 3.41. The van der Waals surface area contributed by atoms with Crippen LogP contribution in [0.5, 0.6) is 0 Å². The fraction of sp³-hybridized carbons (Fsp3) is 0.200. The van der Waals surface area contributed by atoms with Gasteiger partial charge in [-0.15, -0.1) is 0 Å². The maximum Gasteiger partial charge on any atom is 0.231 e. The van der Waals surface area contributed by atoms with E-state index in [0.29, 0.717) is 18.2 Å². The molecule has 30 heavy (non-hydrogen) atoms. The summed E-state index contributed by atoms with van der Waals surface area (Å²) in [6.45, 7) is 3.15. The first-order chi connectivity index (χ1) is 14.7. The molecule has 4 aromatic rings. The van der Waals surface area contributed by atoms with Gasteiger partial charge in [-0.25, -0.2) is 14.4 Å². The lowest BCUT2D eigenvalue weighted by Crippen LogP contribution is -2.09. The van der Waals surface area contributed by atoms with Crippen LogP contribution in [-0.4, -0.2) is 41.0 Å². The van der Waals surface area contributed by atoms with Gasteiger partial charge in [0, 0.05) is 42.9 Å². The van der Waals surface area contributed by atoms with Crippen LogP contribution in [0.4, 0.5) is 27.8 Å². The molecule has 3 N–H and O–H groups in total. The van der Waals surface area contributed by atoms with Crippen molar-refractivity contribution in [3.05, 3.63) is 61.1 Å². The summed E-state index contributed by atoms with van der Waals surface area (Å²) in [7, 11) is 0. The number of hydrogen-bond acceptors (Lipinski definition) is 7. The smallest absolute Gasteiger partial charge is 0.231 e. The van der Waals surface area contributed by atoms with E-state index in [-0.39, 0.29) is 18.4 Å². The lowest BCUT2D eigenvalue weighted by molar-refractivity contribution is 0.277. The quantitative estimate of drug-likeness (QED) is 0.411. The van der Waals surface area contributed by atoms with Gasteiger partial charge in [0.1, 0.15) is 0 Å². The van der Waals surface area contributed by atoms with E-state index in [1.54, 1.807) is 23.2 Å². The van der Waals surface area contributed by atoms with Crippen LogP contribution < -0.4 is 10.6 Å². The molecule has 0 aliphatic heterocycles. The number of imidazole rings is 1. The highest BCUT2D eigenvalue weighted by Crippen LogP contribution is 2.25. The molecule has 0 spiro atoms. The van der Waals surface area contributed by atoms with E-state index in [1.165, 1.54) is 0 Å². The molecule has 0 bridgehead atoms. The summed E-state index contributed by atoms with van der Waals surface area (Å²) >= 11 is 0. The van der Waals surface area contributed by atoms with Gasteiger partial charge in [-0.2, -0.15) is 10.1 Å². The SMILES string of the molecule is CCn1cc(-c2cccc(Nc3nc(Nc4nccn4CCO)ncc3F)c2)cn1. The Morgan fingerprint density at radius 1 is 1.13 bits per heavy atom. The summed E-state index contributed by atoms with van der Waals surface area (Å²) in [5.74, 6) is 0.0961. The molecule has 0 fully saturated rings. The van der Waals surface area contributed by atoms with Crippen molar-refractivity contribution < 1.29 is 9.50 Å². The van der Waals surface area contributed by atoms with E-state index in [2.05, 4.69) is 30.7 Å². The predicted molar refractivity (Wildman–Crippen MR) is 111 cm³/mol. The van der Waals surface area contributed by atoms with Gasteiger partial charge in [0.2, 0.25) is 11.9 Å². The summed E-state index contributed by atoms with van der Waals surface area (Å²) in [6.07, 6.45) is 8.15. The third kappa shape index (κ3) is 4.28. The van der Waals surface area contributed by atoms with Crippen LogP contribution in [0.2, 0.25) is 0 Å². The molecule has 154 valence electrons. The van der Waals surface area contributed by atoms with E-state index in [9.17, 15) is 4.39 Å². The Morgan fingerprint density at radius 2 is 2.03 bits per heavy atom. The molecule has 4 rings (SSSR count). The normalized spacial score (nSPS) is 10.9. The van der Waals surface area contributed by atoms with Crippen molar-refractivity contribution in [1.29, 1.82) is 0 Å². The zero-order chi connectivity index (χ0) is 20.9. The Hall–Kier alpha value is -3.79. The molecule has 9 nitrogen and oxygen atoms in total. The van der Waals surface area contributed by atoms with Gasteiger partial charge in [-0.3, -0.25) is 10.00 Å². The third-order valence-corrected chi connectivity index (χ3v) is 4.44. The second kappa shape index (κ2) is 8.70. The Kier molecular flexibility index (Phi) is 5.66. The third-order valence-electron chi connectivity index (χ3n) is 4.44. The van der Waals surface area contributed by atoms with Crippen LogP contribution in [0.3, 0.4) is 0 Å². The van der Waals surface area contributed by atoms with Crippen LogP contribution in [0.15, 0.2) is 55.2 Å². The van der Waals surface area contributed by atoms with E-state index in [4.69, 9.17) is 5.11 Å². The molecule has 0 aliphatic carbocycles. The van der Waals surface area contributed by atoms with Crippen molar-refractivity contribution in [3.8, 4) is 11.1 Å². The van der Waals surface area contributed by atoms with E-state index < -0.39 is 5.82 Å². The monoisotopic (exact) mass is 408 g/mol. The van der Waals surface area contributed by atoms with Crippen molar-refractivity contribution >= 4 is 23.4 Å². The van der Waals surface area contributed by atoms with Gasteiger partial charge < -0.3 is 15.0 Å². The minimum absolute atomic E-state index is 0.0321. The molecule has 0 saturated carbocycles. The van der Waals surface area contributed by atoms with Gasteiger partial charge >= 0.3 is 0 Å². The van der Waals surface area contributed by atoms with Crippen LogP contribution in [-0.2, 0) is 13.1 Å². The molecule has 0 amide bonds. The topological polar surface area (TPSA) is 106 Å². The van der Waals surface area contributed by atoms with E-state index in [0.717, 1.165) is 23.9 Å². The average molecular weight is 408 g/mol. The highest BCUT2D eigenvalue weighted by molar-refractivity contribution is 5.69. The fourth-order valence-corrected chi connectivity index (χ4v) is 2.94. The highest BCUT2D eigenvalue weighted by Gasteiger charge is 2.11. The first-order valence-corrected chi connectivity index (χ1v) is 9.47. The standard InChI is InChI=1S/C20H21FN8O/c1-2-29-13-15(11-24-29)14-4-3-5-16(10-14)25-18-17(21)12-23-19(26-18)27-20-22-6-7-28(20)8-9-30/h3-7,10-13,30H,2,8-9H2,1H3,(H2,22,23,25,26,27). The van der Waals surface area contributed by atoms with Crippen molar-refractivity contribution in [1.82, 2.24) is 29.3 Å². The van der Waals surface area contributed by atoms with Crippen LogP contribution >= 0.6 is 0 Å². The molecular formula is C20H21FN8O. The summed E-state index contributed by atoms with van der Waals surface area (Å²) in [5.41, 5.74) is 2.61. The number of nitrogens with one attached hydrogen (secondary N) is 2. The summed E-state index contributed by atoms with van der Waals surface area (Å²) in [4.78, 5) is 12.4. The van der Waals surface area contributed by atoms with Gasteiger partial charge in [-0.1, -0.05) is 12.1 Å². The largest absolute Gasteiger partial charge is 0.395 e. The lowest BCUT2D eigenvalue weighted by atomic mass is 10.1. The molecule has 0 unspecified atom stereocenters. The Balaban J connectivity index is 1.55. The number of anilines is 4. The number of aryl methyl sites for hydroxylation is 1. The van der Waals surface area contributed by atoms with E-state index >= 15 is 0 Å². The number of rotatable bonds is 8. The first-order valence-electron chi connectivity index (χ1n) is 9.47.